The summed E-state index contributed by atoms with van der Waals surface area (Å²) in [5, 5.41) is 0. The van der Waals surface area contributed by atoms with E-state index in [1.165, 1.54) is 0 Å². The standard InChI is InChI=1S/C13H13NO.Fe/c1-14-10-4-7-12(14)8-9-13(15)11-5-2-3-6-11;/h2-11H,1H3;. The molecule has 1 aliphatic carbocycles. The molecule has 3 heteroatoms. The van der Waals surface area contributed by atoms with Gasteiger partial charge in [0.2, 0.25) is 0 Å². The Morgan fingerprint density at radius 2 is 2.06 bits per heavy atom. The summed E-state index contributed by atoms with van der Waals surface area (Å²) in [5.74, 6) is 0.0581. The van der Waals surface area contributed by atoms with Crippen LogP contribution in [0.15, 0.2) is 48.7 Å². The molecule has 0 saturated carbocycles. The molecule has 0 bridgehead atoms. The van der Waals surface area contributed by atoms with Gasteiger partial charge in [-0.25, -0.2) is 0 Å². The number of hydrogen-bond donors (Lipinski definition) is 0. The Balaban J connectivity index is 0.00000128. The van der Waals surface area contributed by atoms with Crippen LogP contribution in [0.2, 0.25) is 0 Å². The average molecular weight is 255 g/mol. The Kier molecular flexibility index (Phi) is 4.53. The van der Waals surface area contributed by atoms with Crippen LogP contribution in [0.25, 0.3) is 6.08 Å². The van der Waals surface area contributed by atoms with Gasteiger partial charge in [-0.15, -0.1) is 0 Å². The Hall–Kier alpha value is -1.31. The van der Waals surface area contributed by atoms with Gasteiger partial charge in [-0.1, -0.05) is 24.3 Å². The zero-order valence-electron chi connectivity index (χ0n) is 8.98. The number of allylic oxidation sites excluding steroid dienone is 5. The second kappa shape index (κ2) is 5.69. The number of carbonyl (C=O) groups excluding carboxylic acids is 1. The first-order valence-electron chi connectivity index (χ1n) is 4.95. The summed E-state index contributed by atoms with van der Waals surface area (Å²) in [6, 6.07) is 3.93. The minimum Gasteiger partial charge on any atom is -0.351 e. The zero-order chi connectivity index (χ0) is 10.7. The Bertz CT molecular complexity index is 442. The van der Waals surface area contributed by atoms with Gasteiger partial charge in [0.15, 0.2) is 5.78 Å². The van der Waals surface area contributed by atoms with Gasteiger partial charge in [-0.2, -0.15) is 0 Å². The molecule has 0 atom stereocenters. The van der Waals surface area contributed by atoms with Gasteiger partial charge >= 0.3 is 0 Å². The molecule has 0 saturated heterocycles. The first kappa shape index (κ1) is 12.8. The third-order valence-corrected chi connectivity index (χ3v) is 2.48. The van der Waals surface area contributed by atoms with Crippen molar-refractivity contribution in [2.24, 2.45) is 13.0 Å². The number of carbonyl (C=O) groups is 1. The predicted molar refractivity (Wildman–Crippen MR) is 61.2 cm³/mol. The van der Waals surface area contributed by atoms with Crippen molar-refractivity contribution in [1.82, 2.24) is 4.57 Å². The predicted octanol–water partition coefficient (Wildman–Crippen LogP) is 2.35. The summed E-state index contributed by atoms with van der Waals surface area (Å²) in [7, 11) is 1.96. The van der Waals surface area contributed by atoms with Crippen LogP contribution in [-0.4, -0.2) is 10.4 Å². The minimum absolute atomic E-state index is 0. The molecule has 84 valence electrons. The molecule has 0 amide bonds. The van der Waals surface area contributed by atoms with Gasteiger partial charge in [0, 0.05) is 36.0 Å². The van der Waals surface area contributed by atoms with Gasteiger partial charge in [0.1, 0.15) is 0 Å². The van der Waals surface area contributed by atoms with Crippen LogP contribution in [-0.2, 0) is 28.9 Å². The smallest absolute Gasteiger partial charge is 0.166 e. The number of ketones is 1. The van der Waals surface area contributed by atoms with Crippen molar-refractivity contribution in [3.8, 4) is 0 Å². The van der Waals surface area contributed by atoms with Crippen LogP contribution in [0.1, 0.15) is 5.69 Å². The molecule has 2 nitrogen and oxygen atoms in total. The van der Waals surface area contributed by atoms with E-state index in [-0.39, 0.29) is 28.8 Å². The van der Waals surface area contributed by atoms with Gasteiger partial charge in [0.05, 0.1) is 5.92 Å². The normalized spacial score (nSPS) is 14.6. The van der Waals surface area contributed by atoms with E-state index in [0.717, 1.165) is 5.69 Å². The molecular formula is C13H13FeNO. The van der Waals surface area contributed by atoms with E-state index in [9.17, 15) is 4.79 Å². The summed E-state index contributed by atoms with van der Waals surface area (Å²) >= 11 is 0. The Morgan fingerprint density at radius 3 is 2.62 bits per heavy atom. The molecule has 0 unspecified atom stereocenters. The molecule has 0 fully saturated rings. The number of aromatic nitrogens is 1. The van der Waals surface area contributed by atoms with Gasteiger partial charge < -0.3 is 4.57 Å². The molecule has 1 aliphatic rings. The van der Waals surface area contributed by atoms with E-state index < -0.39 is 0 Å². The maximum Gasteiger partial charge on any atom is 0.166 e. The molecule has 0 radical (unpaired) electrons. The van der Waals surface area contributed by atoms with E-state index in [1.807, 2.05) is 60.3 Å². The first-order chi connectivity index (χ1) is 7.27. The average Bonchev–Trinajstić information content (AvgIpc) is 2.85. The second-order valence-electron chi connectivity index (χ2n) is 3.58. The number of rotatable bonds is 3. The van der Waals surface area contributed by atoms with Crippen LogP contribution in [0.5, 0.6) is 0 Å². The van der Waals surface area contributed by atoms with Crippen molar-refractivity contribution < 1.29 is 21.9 Å². The third kappa shape index (κ3) is 2.84. The SMILES string of the molecule is Cn1cccc1C=CC(=O)C1C=CC=C1.[Fe]. The van der Waals surface area contributed by atoms with Crippen LogP contribution in [0.3, 0.4) is 0 Å². The molecule has 2 rings (SSSR count). The van der Waals surface area contributed by atoms with Crippen LogP contribution >= 0.6 is 0 Å². The molecule has 0 spiro atoms. The van der Waals surface area contributed by atoms with Crippen LogP contribution < -0.4 is 0 Å². The summed E-state index contributed by atoms with van der Waals surface area (Å²) in [4.78, 5) is 11.7. The maximum absolute atomic E-state index is 11.7. The number of hydrogen-bond acceptors (Lipinski definition) is 1. The van der Waals surface area contributed by atoms with Crippen molar-refractivity contribution in [1.29, 1.82) is 0 Å². The van der Waals surface area contributed by atoms with Gasteiger partial charge in [0.25, 0.3) is 0 Å². The van der Waals surface area contributed by atoms with E-state index in [4.69, 9.17) is 0 Å². The molecule has 0 aliphatic heterocycles. The van der Waals surface area contributed by atoms with Crippen molar-refractivity contribution in [3.63, 3.8) is 0 Å². The third-order valence-electron chi connectivity index (χ3n) is 2.48. The van der Waals surface area contributed by atoms with Crippen molar-refractivity contribution >= 4 is 11.9 Å². The molecule has 0 aromatic carbocycles. The van der Waals surface area contributed by atoms with Crippen LogP contribution in [0.4, 0.5) is 0 Å². The maximum atomic E-state index is 11.7. The van der Waals surface area contributed by atoms with Gasteiger partial charge in [-0.05, 0) is 24.3 Å². The van der Waals surface area contributed by atoms with E-state index >= 15 is 0 Å². The van der Waals surface area contributed by atoms with Crippen molar-refractivity contribution in [3.05, 3.63) is 54.4 Å². The summed E-state index contributed by atoms with van der Waals surface area (Å²) in [6.07, 6.45) is 13.1. The fourth-order valence-electron chi connectivity index (χ4n) is 1.55. The van der Waals surface area contributed by atoms with E-state index in [0.29, 0.717) is 0 Å². The Labute approximate surface area is 106 Å². The topological polar surface area (TPSA) is 22.0 Å². The molecule has 16 heavy (non-hydrogen) atoms. The van der Waals surface area contributed by atoms with E-state index in [2.05, 4.69) is 0 Å². The van der Waals surface area contributed by atoms with Gasteiger partial charge in [-0.3, -0.25) is 4.79 Å². The molecular weight excluding hydrogens is 242 g/mol. The van der Waals surface area contributed by atoms with Crippen molar-refractivity contribution in [2.45, 2.75) is 0 Å². The molecule has 0 N–H and O–H groups in total. The number of nitrogens with zero attached hydrogens (tertiary/aromatic N) is 1. The second-order valence-corrected chi connectivity index (χ2v) is 3.58. The first-order valence-corrected chi connectivity index (χ1v) is 4.95. The van der Waals surface area contributed by atoms with Crippen LogP contribution in [0, 0.1) is 5.92 Å². The summed E-state index contributed by atoms with van der Waals surface area (Å²) in [6.45, 7) is 0. The molecule has 1 aromatic rings. The minimum atomic E-state index is -0.0680. The van der Waals surface area contributed by atoms with Crippen molar-refractivity contribution in [2.75, 3.05) is 0 Å². The fraction of sp³-hybridized carbons (Fsp3) is 0.154. The monoisotopic (exact) mass is 255 g/mol. The van der Waals surface area contributed by atoms with E-state index in [1.54, 1.807) is 6.08 Å². The quantitative estimate of drug-likeness (QED) is 0.600. The zero-order valence-corrected chi connectivity index (χ0v) is 10.1. The fourth-order valence-corrected chi connectivity index (χ4v) is 1.55. The summed E-state index contributed by atoms with van der Waals surface area (Å²) < 4.78 is 1.98. The largest absolute Gasteiger partial charge is 0.351 e. The number of aryl methyl sites for hydroxylation is 1. The molecule has 1 heterocycles. The summed E-state index contributed by atoms with van der Waals surface area (Å²) in [5.41, 5.74) is 1.04. The molecule has 1 aromatic heterocycles. The Morgan fingerprint density at radius 1 is 1.38 bits per heavy atom.